The van der Waals surface area contributed by atoms with Crippen molar-refractivity contribution in [1.82, 2.24) is 9.55 Å². The van der Waals surface area contributed by atoms with Gasteiger partial charge in [0.1, 0.15) is 5.82 Å². The van der Waals surface area contributed by atoms with Gasteiger partial charge in [0, 0.05) is 12.1 Å². The molecule has 4 rings (SSSR count). The normalized spacial score (nSPS) is 10.9. The highest BCUT2D eigenvalue weighted by atomic mass is 35.5. The summed E-state index contributed by atoms with van der Waals surface area (Å²) in [5, 5.41) is 4.22. The fraction of sp³-hybridized carbons (Fsp3) is 0.125. The summed E-state index contributed by atoms with van der Waals surface area (Å²) in [4.78, 5) is 16.0. The molecule has 0 unspecified atom stereocenters. The minimum atomic E-state index is -0.253. The number of benzene rings is 3. The maximum absolute atomic E-state index is 13.0. The SMILES string of the molecule is Cc1ccc(-c2c(NCc3ccccc3)[nH]c(=O)n2-c2ccc(Cl)c(Cl)c2)cc1C. The molecule has 0 aliphatic carbocycles. The zero-order valence-electron chi connectivity index (χ0n) is 16.7. The maximum Gasteiger partial charge on any atom is 0.332 e. The third kappa shape index (κ3) is 4.02. The summed E-state index contributed by atoms with van der Waals surface area (Å²) in [5.74, 6) is 0.651. The van der Waals surface area contributed by atoms with E-state index in [1.54, 1.807) is 22.8 Å². The van der Waals surface area contributed by atoms with Crippen LogP contribution in [0.5, 0.6) is 0 Å². The lowest BCUT2D eigenvalue weighted by Gasteiger charge is -2.13. The van der Waals surface area contributed by atoms with Crippen LogP contribution in [0.1, 0.15) is 16.7 Å². The Morgan fingerprint density at radius 3 is 2.37 bits per heavy atom. The molecule has 2 N–H and O–H groups in total. The molecular formula is C24H21Cl2N3O. The second-order valence-electron chi connectivity index (χ2n) is 7.23. The van der Waals surface area contributed by atoms with Crippen LogP contribution in [-0.2, 0) is 6.54 Å². The van der Waals surface area contributed by atoms with Gasteiger partial charge in [0.05, 0.1) is 21.4 Å². The summed E-state index contributed by atoms with van der Waals surface area (Å²) in [6.45, 7) is 4.71. The fourth-order valence-corrected chi connectivity index (χ4v) is 3.67. The van der Waals surface area contributed by atoms with Gasteiger partial charge in [-0.05, 0) is 54.8 Å². The number of hydrogen-bond acceptors (Lipinski definition) is 2. The Kier molecular flexibility index (Phi) is 5.71. The fourth-order valence-electron chi connectivity index (χ4n) is 3.38. The van der Waals surface area contributed by atoms with Gasteiger partial charge in [0.15, 0.2) is 0 Å². The highest BCUT2D eigenvalue weighted by Crippen LogP contribution is 2.32. The van der Waals surface area contributed by atoms with Crippen LogP contribution in [0.4, 0.5) is 5.82 Å². The van der Waals surface area contributed by atoms with Crippen molar-refractivity contribution < 1.29 is 0 Å². The van der Waals surface area contributed by atoms with Crippen LogP contribution < -0.4 is 11.0 Å². The van der Waals surface area contributed by atoms with Gasteiger partial charge in [-0.15, -0.1) is 0 Å². The van der Waals surface area contributed by atoms with E-state index in [0.29, 0.717) is 28.1 Å². The minimum absolute atomic E-state index is 0.253. The Balaban J connectivity index is 1.86. The third-order valence-corrected chi connectivity index (χ3v) is 5.89. The zero-order valence-corrected chi connectivity index (χ0v) is 18.2. The highest BCUT2D eigenvalue weighted by Gasteiger charge is 2.18. The average Bonchev–Trinajstić information content (AvgIpc) is 3.07. The molecule has 0 spiro atoms. The van der Waals surface area contributed by atoms with E-state index in [1.807, 2.05) is 36.4 Å². The van der Waals surface area contributed by atoms with E-state index in [9.17, 15) is 4.79 Å². The van der Waals surface area contributed by atoms with Gasteiger partial charge < -0.3 is 5.32 Å². The van der Waals surface area contributed by atoms with Crippen LogP contribution in [0.25, 0.3) is 16.9 Å². The maximum atomic E-state index is 13.0. The summed E-state index contributed by atoms with van der Waals surface area (Å²) in [5.41, 5.74) is 5.53. The van der Waals surface area contributed by atoms with Crippen LogP contribution in [0.3, 0.4) is 0 Å². The number of anilines is 1. The second-order valence-corrected chi connectivity index (χ2v) is 8.04. The van der Waals surface area contributed by atoms with Crippen molar-refractivity contribution >= 4 is 29.0 Å². The van der Waals surface area contributed by atoms with Crippen molar-refractivity contribution in [2.24, 2.45) is 0 Å². The molecule has 0 aliphatic heterocycles. The largest absolute Gasteiger partial charge is 0.366 e. The van der Waals surface area contributed by atoms with Gasteiger partial charge >= 0.3 is 5.69 Å². The standard InChI is InChI=1S/C24H21Cl2N3O/c1-15-8-9-18(12-16(15)2)22-23(27-14-17-6-4-3-5-7-17)28-24(30)29(22)19-10-11-20(25)21(26)13-19/h3-13,27H,14H2,1-2H3,(H,28,30). The van der Waals surface area contributed by atoms with Crippen LogP contribution >= 0.6 is 23.2 Å². The number of nitrogens with zero attached hydrogens (tertiary/aromatic N) is 1. The molecule has 0 fully saturated rings. The van der Waals surface area contributed by atoms with E-state index in [4.69, 9.17) is 23.2 Å². The predicted molar refractivity (Wildman–Crippen MR) is 125 cm³/mol. The lowest BCUT2D eigenvalue weighted by Crippen LogP contribution is -2.15. The summed E-state index contributed by atoms with van der Waals surface area (Å²) >= 11 is 12.3. The lowest BCUT2D eigenvalue weighted by molar-refractivity contribution is 0.992. The van der Waals surface area contributed by atoms with Gasteiger partial charge in [0.25, 0.3) is 0 Å². The zero-order chi connectivity index (χ0) is 21.3. The second kappa shape index (κ2) is 8.42. The van der Waals surface area contributed by atoms with E-state index in [1.165, 1.54) is 5.56 Å². The summed E-state index contributed by atoms with van der Waals surface area (Å²) in [6.07, 6.45) is 0. The molecule has 0 bridgehead atoms. The summed E-state index contributed by atoms with van der Waals surface area (Å²) in [7, 11) is 0. The lowest BCUT2D eigenvalue weighted by atomic mass is 10.0. The van der Waals surface area contributed by atoms with Gasteiger partial charge in [-0.3, -0.25) is 9.55 Å². The van der Waals surface area contributed by atoms with Crippen LogP contribution in [0, 0.1) is 13.8 Å². The first-order chi connectivity index (χ1) is 14.4. The molecule has 0 amide bonds. The van der Waals surface area contributed by atoms with Crippen molar-refractivity contribution in [3.8, 4) is 16.9 Å². The Hall–Kier alpha value is -2.95. The van der Waals surface area contributed by atoms with Crippen LogP contribution in [0.2, 0.25) is 10.0 Å². The van der Waals surface area contributed by atoms with Crippen molar-refractivity contribution in [2.75, 3.05) is 5.32 Å². The number of nitrogens with one attached hydrogen (secondary N) is 2. The van der Waals surface area contributed by atoms with E-state index < -0.39 is 0 Å². The molecule has 0 aliphatic rings. The quantitative estimate of drug-likeness (QED) is 0.381. The number of rotatable bonds is 5. The molecule has 152 valence electrons. The molecule has 0 atom stereocenters. The molecule has 4 aromatic rings. The number of halogens is 2. The van der Waals surface area contributed by atoms with Gasteiger partial charge in [0.2, 0.25) is 0 Å². The van der Waals surface area contributed by atoms with Gasteiger partial charge in [-0.25, -0.2) is 4.79 Å². The van der Waals surface area contributed by atoms with E-state index >= 15 is 0 Å². The molecule has 0 radical (unpaired) electrons. The first kappa shape index (κ1) is 20.3. The van der Waals surface area contributed by atoms with Crippen molar-refractivity contribution in [3.05, 3.63) is 104 Å². The van der Waals surface area contributed by atoms with Crippen LogP contribution in [0.15, 0.2) is 71.5 Å². The molecule has 6 heteroatoms. The van der Waals surface area contributed by atoms with Crippen LogP contribution in [-0.4, -0.2) is 9.55 Å². The first-order valence-electron chi connectivity index (χ1n) is 9.60. The van der Waals surface area contributed by atoms with Gasteiger partial charge in [-0.1, -0.05) is 65.7 Å². The Morgan fingerprint density at radius 1 is 0.900 bits per heavy atom. The van der Waals surface area contributed by atoms with E-state index in [0.717, 1.165) is 22.4 Å². The van der Waals surface area contributed by atoms with E-state index in [-0.39, 0.29) is 5.69 Å². The molecule has 0 saturated heterocycles. The number of hydrogen-bond donors (Lipinski definition) is 2. The molecule has 3 aromatic carbocycles. The number of aromatic nitrogens is 2. The number of aryl methyl sites for hydroxylation is 2. The molecule has 0 saturated carbocycles. The highest BCUT2D eigenvalue weighted by molar-refractivity contribution is 6.42. The summed E-state index contributed by atoms with van der Waals surface area (Å²) < 4.78 is 1.62. The smallest absolute Gasteiger partial charge is 0.332 e. The topological polar surface area (TPSA) is 49.8 Å². The molecular weight excluding hydrogens is 417 g/mol. The minimum Gasteiger partial charge on any atom is -0.366 e. The molecule has 1 aromatic heterocycles. The third-order valence-electron chi connectivity index (χ3n) is 5.15. The first-order valence-corrected chi connectivity index (χ1v) is 10.4. The monoisotopic (exact) mass is 437 g/mol. The number of aromatic amines is 1. The number of imidazole rings is 1. The Morgan fingerprint density at radius 2 is 1.67 bits per heavy atom. The molecule has 1 heterocycles. The van der Waals surface area contributed by atoms with Crippen molar-refractivity contribution in [1.29, 1.82) is 0 Å². The number of H-pyrrole nitrogens is 1. The average molecular weight is 438 g/mol. The van der Waals surface area contributed by atoms with Gasteiger partial charge in [-0.2, -0.15) is 0 Å². The Bertz CT molecular complexity index is 1260. The molecule has 4 nitrogen and oxygen atoms in total. The van der Waals surface area contributed by atoms with Crippen molar-refractivity contribution in [3.63, 3.8) is 0 Å². The van der Waals surface area contributed by atoms with Crippen molar-refractivity contribution in [2.45, 2.75) is 20.4 Å². The molecule has 30 heavy (non-hydrogen) atoms. The Labute approximate surface area is 185 Å². The summed E-state index contributed by atoms with van der Waals surface area (Å²) in [6, 6.07) is 21.4. The van der Waals surface area contributed by atoms with E-state index in [2.05, 4.69) is 36.3 Å². The predicted octanol–water partition coefficient (Wildman–Crippen LogP) is 6.37.